The number of aromatic nitrogens is 3. The fourth-order valence-electron chi connectivity index (χ4n) is 4.70. The highest BCUT2D eigenvalue weighted by molar-refractivity contribution is 9.10. The van der Waals surface area contributed by atoms with Crippen molar-refractivity contribution in [3.05, 3.63) is 97.3 Å². The maximum Gasteiger partial charge on any atom is 0.347 e. The molecule has 0 saturated carbocycles. The maximum atomic E-state index is 13.2. The number of amides is 2. The minimum absolute atomic E-state index is 0.151. The summed E-state index contributed by atoms with van der Waals surface area (Å²) in [6.45, 7) is 1.97. The van der Waals surface area contributed by atoms with Gasteiger partial charge in [-0.2, -0.15) is 0 Å². The SMILES string of the molecule is CC1=C[C@H]2C(=O)N(c3ccc(Br)cc3)C(=O)[C@H]2C[C@@H]1n1[nH]c(=O)n(Cc2ccccc2)c1=O. The summed E-state index contributed by atoms with van der Waals surface area (Å²) >= 11 is 3.36. The van der Waals surface area contributed by atoms with Gasteiger partial charge in [0.2, 0.25) is 11.8 Å². The van der Waals surface area contributed by atoms with Crippen LogP contribution < -0.4 is 16.3 Å². The first kappa shape index (κ1) is 21.4. The number of imide groups is 1. The molecule has 2 amide bonds. The third-order valence-electron chi connectivity index (χ3n) is 6.40. The van der Waals surface area contributed by atoms with E-state index < -0.39 is 29.3 Å². The van der Waals surface area contributed by atoms with Crippen LogP contribution in [0.15, 0.2) is 80.3 Å². The average Bonchev–Trinajstić information content (AvgIpc) is 3.21. The molecule has 168 valence electrons. The lowest BCUT2D eigenvalue weighted by Crippen LogP contribution is -2.35. The molecule has 0 spiro atoms. The van der Waals surface area contributed by atoms with Crippen molar-refractivity contribution in [2.24, 2.45) is 11.8 Å². The van der Waals surface area contributed by atoms with Crippen molar-refractivity contribution in [1.29, 1.82) is 0 Å². The van der Waals surface area contributed by atoms with Gasteiger partial charge in [-0.05, 0) is 43.2 Å². The molecule has 1 aliphatic carbocycles. The zero-order chi connectivity index (χ0) is 23.3. The third-order valence-corrected chi connectivity index (χ3v) is 6.93. The van der Waals surface area contributed by atoms with Gasteiger partial charge in [0.15, 0.2) is 0 Å². The first-order chi connectivity index (χ1) is 15.8. The highest BCUT2D eigenvalue weighted by Crippen LogP contribution is 2.42. The van der Waals surface area contributed by atoms with Gasteiger partial charge in [-0.3, -0.25) is 9.59 Å². The number of H-pyrrole nitrogens is 1. The summed E-state index contributed by atoms with van der Waals surface area (Å²) in [4.78, 5) is 53.2. The van der Waals surface area contributed by atoms with Crippen LogP contribution in [0, 0.1) is 11.8 Å². The Bertz CT molecular complexity index is 1380. The topological polar surface area (TPSA) is 97.2 Å². The van der Waals surface area contributed by atoms with Gasteiger partial charge < -0.3 is 0 Å². The number of rotatable bonds is 4. The van der Waals surface area contributed by atoms with Crippen molar-refractivity contribution in [2.75, 3.05) is 4.90 Å². The van der Waals surface area contributed by atoms with E-state index in [9.17, 15) is 19.2 Å². The third kappa shape index (κ3) is 3.62. The molecule has 1 aromatic heterocycles. The van der Waals surface area contributed by atoms with Gasteiger partial charge in [-0.1, -0.05) is 57.9 Å². The fraction of sp³-hybridized carbons (Fsp3) is 0.250. The van der Waals surface area contributed by atoms with E-state index in [2.05, 4.69) is 21.0 Å². The Morgan fingerprint density at radius 1 is 0.970 bits per heavy atom. The number of nitrogens with one attached hydrogen (secondary N) is 1. The second kappa shape index (κ2) is 8.15. The molecule has 8 nitrogen and oxygen atoms in total. The van der Waals surface area contributed by atoms with E-state index in [0.717, 1.165) is 20.2 Å². The van der Waals surface area contributed by atoms with Crippen molar-refractivity contribution in [2.45, 2.75) is 25.9 Å². The summed E-state index contributed by atoms with van der Waals surface area (Å²) in [5, 5.41) is 2.64. The van der Waals surface area contributed by atoms with Crippen molar-refractivity contribution in [3.63, 3.8) is 0 Å². The number of benzene rings is 2. The molecule has 5 rings (SSSR count). The van der Waals surface area contributed by atoms with E-state index in [0.29, 0.717) is 5.69 Å². The van der Waals surface area contributed by atoms with Crippen molar-refractivity contribution in [1.82, 2.24) is 14.3 Å². The first-order valence-corrected chi connectivity index (χ1v) is 11.4. The van der Waals surface area contributed by atoms with Crippen LogP contribution in [-0.4, -0.2) is 26.2 Å². The van der Waals surface area contributed by atoms with E-state index >= 15 is 0 Å². The normalized spacial score (nSPS) is 22.4. The summed E-state index contributed by atoms with van der Waals surface area (Å²) in [5.74, 6) is -1.73. The first-order valence-electron chi connectivity index (χ1n) is 10.6. The van der Waals surface area contributed by atoms with Crippen molar-refractivity contribution < 1.29 is 9.59 Å². The molecule has 0 unspecified atom stereocenters. The van der Waals surface area contributed by atoms with Crippen molar-refractivity contribution in [3.8, 4) is 0 Å². The highest BCUT2D eigenvalue weighted by Gasteiger charge is 2.50. The predicted molar refractivity (Wildman–Crippen MR) is 126 cm³/mol. The van der Waals surface area contributed by atoms with Crippen molar-refractivity contribution >= 4 is 33.4 Å². The van der Waals surface area contributed by atoms with E-state index in [1.165, 1.54) is 9.58 Å². The number of halogens is 1. The molecule has 0 radical (unpaired) electrons. The Hall–Kier alpha value is -3.46. The Labute approximate surface area is 197 Å². The Morgan fingerprint density at radius 3 is 2.36 bits per heavy atom. The van der Waals surface area contributed by atoms with Gasteiger partial charge in [-0.15, -0.1) is 0 Å². The molecule has 0 bridgehead atoms. The van der Waals surface area contributed by atoms with Crippen LogP contribution in [0.2, 0.25) is 0 Å². The molecule has 1 aliphatic heterocycles. The van der Waals surface area contributed by atoms with Gasteiger partial charge in [0.05, 0.1) is 30.1 Å². The second-order valence-corrected chi connectivity index (χ2v) is 9.34. The predicted octanol–water partition coefficient (Wildman–Crippen LogP) is 2.85. The number of hydrogen-bond donors (Lipinski definition) is 1. The van der Waals surface area contributed by atoms with Gasteiger partial charge in [0, 0.05) is 4.47 Å². The van der Waals surface area contributed by atoms with Crippen LogP contribution in [0.4, 0.5) is 5.69 Å². The van der Waals surface area contributed by atoms with E-state index in [1.54, 1.807) is 30.3 Å². The number of anilines is 1. The molecule has 1 fully saturated rings. The number of allylic oxidation sites excluding steroid dienone is 1. The summed E-state index contributed by atoms with van der Waals surface area (Å²) in [6.07, 6.45) is 2.02. The molecule has 3 atom stereocenters. The van der Waals surface area contributed by atoms with Crippen LogP contribution in [0.3, 0.4) is 0 Å². The number of carbonyl (C=O) groups is 2. The molecule has 1 saturated heterocycles. The minimum Gasteiger partial charge on any atom is -0.274 e. The van der Waals surface area contributed by atoms with Crippen LogP contribution >= 0.6 is 15.9 Å². The van der Waals surface area contributed by atoms with E-state index in [1.807, 2.05) is 37.3 Å². The van der Waals surface area contributed by atoms with Crippen LogP contribution in [0.25, 0.3) is 0 Å². The molecule has 2 aromatic carbocycles. The number of fused-ring (bicyclic) bond motifs is 1. The van der Waals surface area contributed by atoms with Crippen LogP contribution in [-0.2, 0) is 16.1 Å². The van der Waals surface area contributed by atoms with E-state index in [4.69, 9.17) is 0 Å². The highest BCUT2D eigenvalue weighted by atomic mass is 79.9. The molecule has 2 aliphatic rings. The monoisotopic (exact) mass is 508 g/mol. The van der Waals surface area contributed by atoms with Gasteiger partial charge in [0.1, 0.15) is 0 Å². The standard InChI is InChI=1S/C24H21BrN4O4/c1-14-11-18-19(22(31)28(21(18)30)17-9-7-16(25)8-10-17)12-20(14)29-24(33)27(23(32)26-29)13-15-5-3-2-4-6-15/h2-11,18-20H,12-13H2,1H3,(H,26,32)/t18-,19+,20+/m1/s1. The summed E-state index contributed by atoms with van der Waals surface area (Å²) in [6, 6.07) is 15.7. The summed E-state index contributed by atoms with van der Waals surface area (Å²) in [5.41, 5.74) is 1.14. The lowest BCUT2D eigenvalue weighted by Gasteiger charge is -2.27. The lowest BCUT2D eigenvalue weighted by atomic mass is 9.80. The molecule has 33 heavy (non-hydrogen) atoms. The largest absolute Gasteiger partial charge is 0.347 e. The van der Waals surface area contributed by atoms with Crippen LogP contribution in [0.5, 0.6) is 0 Å². The molecular formula is C24H21BrN4O4. The quantitative estimate of drug-likeness (QED) is 0.432. The number of aromatic amines is 1. The summed E-state index contributed by atoms with van der Waals surface area (Å²) in [7, 11) is 0. The summed E-state index contributed by atoms with van der Waals surface area (Å²) < 4.78 is 3.28. The smallest absolute Gasteiger partial charge is 0.274 e. The fourth-order valence-corrected chi connectivity index (χ4v) is 4.97. The average molecular weight is 509 g/mol. The van der Waals surface area contributed by atoms with Crippen LogP contribution in [0.1, 0.15) is 24.9 Å². The Kier molecular flexibility index (Phi) is 5.28. The number of hydrogen-bond acceptors (Lipinski definition) is 4. The van der Waals surface area contributed by atoms with Gasteiger partial charge in [0.25, 0.3) is 0 Å². The second-order valence-electron chi connectivity index (χ2n) is 8.42. The molecule has 3 aromatic rings. The Morgan fingerprint density at radius 2 is 1.67 bits per heavy atom. The maximum absolute atomic E-state index is 13.2. The minimum atomic E-state index is -0.595. The van der Waals surface area contributed by atoms with Gasteiger partial charge >= 0.3 is 11.4 Å². The zero-order valence-corrected chi connectivity index (χ0v) is 19.4. The van der Waals surface area contributed by atoms with E-state index in [-0.39, 0.29) is 24.8 Å². The zero-order valence-electron chi connectivity index (χ0n) is 17.8. The Balaban J connectivity index is 1.46. The van der Waals surface area contributed by atoms with Gasteiger partial charge in [-0.25, -0.2) is 28.8 Å². The molecule has 9 heteroatoms. The lowest BCUT2D eigenvalue weighted by molar-refractivity contribution is -0.122. The molecular weight excluding hydrogens is 488 g/mol. The molecule has 1 N–H and O–H groups in total. The number of carbonyl (C=O) groups excluding carboxylic acids is 2. The number of nitrogens with zero attached hydrogens (tertiary/aromatic N) is 3. The molecule has 2 heterocycles.